The Labute approximate surface area is 105 Å². The first-order valence-corrected chi connectivity index (χ1v) is 6.59. The van der Waals surface area contributed by atoms with Crippen molar-refractivity contribution < 1.29 is 9.90 Å². The Morgan fingerprint density at radius 1 is 1.35 bits per heavy atom. The van der Waals surface area contributed by atoms with E-state index in [2.05, 4.69) is 38.0 Å². The number of hydrogen-bond acceptors (Lipinski definition) is 3. The van der Waals surface area contributed by atoms with E-state index in [4.69, 9.17) is 5.11 Å². The zero-order chi connectivity index (χ0) is 13.3. The zero-order valence-electron chi connectivity index (χ0n) is 11.7. The van der Waals surface area contributed by atoms with Gasteiger partial charge in [0.05, 0.1) is 6.54 Å². The molecule has 0 aromatic rings. The van der Waals surface area contributed by atoms with Gasteiger partial charge in [0.25, 0.3) is 0 Å². The monoisotopic (exact) mass is 244 g/mol. The van der Waals surface area contributed by atoms with Gasteiger partial charge in [0.15, 0.2) is 0 Å². The summed E-state index contributed by atoms with van der Waals surface area (Å²) in [5, 5.41) is 11.8. The summed E-state index contributed by atoms with van der Waals surface area (Å²) in [6, 6.07) is 0.325. The fourth-order valence-corrected chi connectivity index (χ4v) is 2.02. The molecule has 2 N–H and O–H groups in total. The lowest BCUT2D eigenvalue weighted by Crippen LogP contribution is -2.36. The average Bonchev–Trinajstić information content (AvgIpc) is 2.21. The lowest BCUT2D eigenvalue weighted by Gasteiger charge is -2.23. The molecule has 0 radical (unpaired) electrons. The second kappa shape index (κ2) is 9.42. The predicted molar refractivity (Wildman–Crippen MR) is 71.3 cm³/mol. The quantitative estimate of drug-likeness (QED) is 0.615. The first kappa shape index (κ1) is 16.4. The molecule has 0 heterocycles. The predicted octanol–water partition coefficient (Wildman–Crippen LogP) is 1.81. The Hall–Kier alpha value is -0.610. The van der Waals surface area contributed by atoms with Gasteiger partial charge >= 0.3 is 5.97 Å². The molecule has 0 aliphatic heterocycles. The van der Waals surface area contributed by atoms with E-state index in [9.17, 15) is 4.79 Å². The van der Waals surface area contributed by atoms with Crippen molar-refractivity contribution in [2.24, 2.45) is 5.92 Å². The molecule has 0 spiro atoms. The van der Waals surface area contributed by atoms with Gasteiger partial charge in [0.1, 0.15) is 0 Å². The van der Waals surface area contributed by atoms with E-state index in [0.29, 0.717) is 12.0 Å². The highest BCUT2D eigenvalue weighted by Crippen LogP contribution is 2.04. The molecule has 0 saturated carbocycles. The molecule has 4 nitrogen and oxygen atoms in total. The molecule has 0 aliphatic rings. The molecule has 102 valence electrons. The molecular formula is C13H28N2O2. The van der Waals surface area contributed by atoms with Gasteiger partial charge in [-0.25, -0.2) is 0 Å². The van der Waals surface area contributed by atoms with Crippen molar-refractivity contribution in [3.63, 3.8) is 0 Å². The SMILES string of the molecule is CCCC(CCN(C)CC(C)C)NCC(=O)O. The Morgan fingerprint density at radius 2 is 2.00 bits per heavy atom. The first-order chi connectivity index (χ1) is 7.95. The van der Waals surface area contributed by atoms with E-state index in [1.54, 1.807) is 0 Å². The van der Waals surface area contributed by atoms with Crippen LogP contribution in [0.15, 0.2) is 0 Å². The van der Waals surface area contributed by atoms with E-state index < -0.39 is 5.97 Å². The van der Waals surface area contributed by atoms with Crippen molar-refractivity contribution in [3.05, 3.63) is 0 Å². The van der Waals surface area contributed by atoms with Gasteiger partial charge in [-0.3, -0.25) is 4.79 Å². The fraction of sp³-hybridized carbons (Fsp3) is 0.923. The van der Waals surface area contributed by atoms with Crippen LogP contribution in [0.4, 0.5) is 0 Å². The summed E-state index contributed by atoms with van der Waals surface area (Å²) in [6.07, 6.45) is 3.15. The number of nitrogens with zero attached hydrogens (tertiary/aromatic N) is 1. The minimum Gasteiger partial charge on any atom is -0.480 e. The van der Waals surface area contributed by atoms with Crippen molar-refractivity contribution >= 4 is 5.97 Å². The van der Waals surface area contributed by atoms with Gasteiger partial charge in [-0.1, -0.05) is 27.2 Å². The standard InChI is InChI=1S/C13H28N2O2/c1-5-6-12(14-9-13(16)17)7-8-15(4)10-11(2)3/h11-12,14H,5-10H2,1-4H3,(H,16,17). The molecule has 0 saturated heterocycles. The molecule has 0 aliphatic carbocycles. The summed E-state index contributed by atoms with van der Waals surface area (Å²) in [5.74, 6) is -0.0989. The number of nitrogens with one attached hydrogen (secondary N) is 1. The van der Waals surface area contributed by atoms with Crippen LogP contribution in [0.2, 0.25) is 0 Å². The molecule has 0 rings (SSSR count). The first-order valence-electron chi connectivity index (χ1n) is 6.59. The number of rotatable bonds is 10. The Morgan fingerprint density at radius 3 is 2.47 bits per heavy atom. The average molecular weight is 244 g/mol. The fourth-order valence-electron chi connectivity index (χ4n) is 2.02. The molecular weight excluding hydrogens is 216 g/mol. The molecule has 0 aromatic carbocycles. The van der Waals surface area contributed by atoms with Gasteiger partial charge in [-0.2, -0.15) is 0 Å². The van der Waals surface area contributed by atoms with Crippen molar-refractivity contribution in [3.8, 4) is 0 Å². The summed E-state index contributed by atoms with van der Waals surface area (Å²) in [6.45, 7) is 8.74. The van der Waals surface area contributed by atoms with Crippen LogP contribution in [0.25, 0.3) is 0 Å². The number of carboxylic acids is 1. The second-order valence-electron chi connectivity index (χ2n) is 5.21. The third kappa shape index (κ3) is 10.3. The van der Waals surface area contributed by atoms with Crippen molar-refractivity contribution in [1.82, 2.24) is 10.2 Å². The van der Waals surface area contributed by atoms with Gasteiger partial charge < -0.3 is 15.3 Å². The zero-order valence-corrected chi connectivity index (χ0v) is 11.7. The summed E-state index contributed by atoms with van der Waals surface area (Å²) >= 11 is 0. The van der Waals surface area contributed by atoms with E-state index in [1.807, 2.05) is 0 Å². The highest BCUT2D eigenvalue weighted by atomic mass is 16.4. The van der Waals surface area contributed by atoms with Crippen molar-refractivity contribution in [2.45, 2.75) is 46.1 Å². The molecule has 0 amide bonds. The number of carbonyl (C=O) groups is 1. The third-order valence-electron chi connectivity index (χ3n) is 2.72. The lowest BCUT2D eigenvalue weighted by molar-refractivity contribution is -0.136. The smallest absolute Gasteiger partial charge is 0.317 e. The number of carboxylic acid groups (broad SMARTS) is 1. The van der Waals surface area contributed by atoms with Crippen LogP contribution in [-0.4, -0.2) is 48.7 Å². The normalized spacial score (nSPS) is 13.3. The van der Waals surface area contributed by atoms with Gasteiger partial charge in [0, 0.05) is 12.6 Å². The maximum atomic E-state index is 10.5. The van der Waals surface area contributed by atoms with E-state index in [-0.39, 0.29) is 6.54 Å². The van der Waals surface area contributed by atoms with Crippen LogP contribution in [0.3, 0.4) is 0 Å². The summed E-state index contributed by atoms with van der Waals surface area (Å²) in [5.41, 5.74) is 0. The molecule has 0 aromatic heterocycles. The highest BCUT2D eigenvalue weighted by molar-refractivity contribution is 5.69. The molecule has 0 bridgehead atoms. The Kier molecular flexibility index (Phi) is 9.09. The van der Waals surface area contributed by atoms with Crippen LogP contribution in [0.1, 0.15) is 40.0 Å². The Bertz CT molecular complexity index is 208. The molecule has 4 heteroatoms. The van der Waals surface area contributed by atoms with Crippen LogP contribution in [0, 0.1) is 5.92 Å². The van der Waals surface area contributed by atoms with Crippen molar-refractivity contribution in [2.75, 3.05) is 26.7 Å². The summed E-state index contributed by atoms with van der Waals surface area (Å²) < 4.78 is 0. The maximum absolute atomic E-state index is 10.5. The van der Waals surface area contributed by atoms with E-state index in [0.717, 1.165) is 32.4 Å². The lowest BCUT2D eigenvalue weighted by atomic mass is 10.1. The highest BCUT2D eigenvalue weighted by Gasteiger charge is 2.10. The van der Waals surface area contributed by atoms with E-state index in [1.165, 1.54) is 0 Å². The van der Waals surface area contributed by atoms with Gasteiger partial charge in [-0.15, -0.1) is 0 Å². The topological polar surface area (TPSA) is 52.6 Å². The molecule has 0 fully saturated rings. The van der Waals surface area contributed by atoms with Crippen LogP contribution < -0.4 is 5.32 Å². The minimum atomic E-state index is -0.776. The minimum absolute atomic E-state index is 0.0680. The summed E-state index contributed by atoms with van der Waals surface area (Å²) in [4.78, 5) is 12.8. The van der Waals surface area contributed by atoms with Crippen LogP contribution in [0.5, 0.6) is 0 Å². The Balaban J connectivity index is 3.86. The van der Waals surface area contributed by atoms with E-state index >= 15 is 0 Å². The molecule has 1 unspecified atom stereocenters. The number of aliphatic carboxylic acids is 1. The van der Waals surface area contributed by atoms with Crippen molar-refractivity contribution in [1.29, 1.82) is 0 Å². The molecule has 17 heavy (non-hydrogen) atoms. The third-order valence-corrected chi connectivity index (χ3v) is 2.72. The number of hydrogen-bond donors (Lipinski definition) is 2. The second-order valence-corrected chi connectivity index (χ2v) is 5.21. The molecule has 1 atom stereocenters. The van der Waals surface area contributed by atoms with Crippen LogP contribution in [-0.2, 0) is 4.79 Å². The van der Waals surface area contributed by atoms with Crippen LogP contribution >= 0.6 is 0 Å². The van der Waals surface area contributed by atoms with Gasteiger partial charge in [-0.05, 0) is 32.4 Å². The summed E-state index contributed by atoms with van der Waals surface area (Å²) in [7, 11) is 2.13. The van der Waals surface area contributed by atoms with Gasteiger partial charge in [0.2, 0.25) is 0 Å². The maximum Gasteiger partial charge on any atom is 0.317 e. The largest absolute Gasteiger partial charge is 0.480 e.